The zero-order chi connectivity index (χ0) is 17.3. The molecular weight excluding hydrogens is 329 g/mol. The SMILES string of the molecule is CS(=O)(=O)Cc1nc2ccccc2n1Cc1ccc(F)cc1C#N. The van der Waals surface area contributed by atoms with E-state index < -0.39 is 15.7 Å². The highest BCUT2D eigenvalue weighted by Gasteiger charge is 2.16. The van der Waals surface area contributed by atoms with Crippen molar-refractivity contribution in [3.05, 3.63) is 65.2 Å². The first-order chi connectivity index (χ1) is 11.4. The van der Waals surface area contributed by atoms with Crippen LogP contribution in [0, 0.1) is 17.1 Å². The summed E-state index contributed by atoms with van der Waals surface area (Å²) in [4.78, 5) is 4.39. The maximum absolute atomic E-state index is 13.3. The van der Waals surface area contributed by atoms with E-state index in [1.807, 2.05) is 24.3 Å². The molecule has 5 nitrogen and oxygen atoms in total. The van der Waals surface area contributed by atoms with E-state index in [2.05, 4.69) is 4.98 Å². The van der Waals surface area contributed by atoms with E-state index in [9.17, 15) is 18.1 Å². The van der Waals surface area contributed by atoms with Gasteiger partial charge >= 0.3 is 0 Å². The minimum absolute atomic E-state index is 0.204. The second-order valence-electron chi connectivity index (χ2n) is 5.59. The monoisotopic (exact) mass is 343 g/mol. The van der Waals surface area contributed by atoms with Crippen LogP contribution in [0.1, 0.15) is 17.0 Å². The van der Waals surface area contributed by atoms with E-state index in [-0.39, 0.29) is 17.9 Å². The molecule has 0 saturated heterocycles. The molecule has 3 aromatic rings. The molecule has 0 aliphatic carbocycles. The lowest BCUT2D eigenvalue weighted by molar-refractivity contribution is 0.597. The van der Waals surface area contributed by atoms with Gasteiger partial charge in [0.05, 0.1) is 29.2 Å². The van der Waals surface area contributed by atoms with Gasteiger partial charge in [0, 0.05) is 6.26 Å². The Balaban J connectivity index is 2.15. The lowest BCUT2D eigenvalue weighted by atomic mass is 10.1. The van der Waals surface area contributed by atoms with Crippen LogP contribution in [0.3, 0.4) is 0 Å². The van der Waals surface area contributed by atoms with Crippen LogP contribution >= 0.6 is 0 Å². The number of halogens is 1. The number of aromatic nitrogens is 2. The molecule has 1 heterocycles. The number of nitrogens with zero attached hydrogens (tertiary/aromatic N) is 3. The number of nitriles is 1. The number of imidazole rings is 1. The lowest BCUT2D eigenvalue weighted by Crippen LogP contribution is -2.11. The van der Waals surface area contributed by atoms with E-state index >= 15 is 0 Å². The predicted molar refractivity (Wildman–Crippen MR) is 88.5 cm³/mol. The largest absolute Gasteiger partial charge is 0.323 e. The number of benzene rings is 2. The van der Waals surface area contributed by atoms with Crippen LogP contribution in [0.2, 0.25) is 0 Å². The van der Waals surface area contributed by atoms with Crippen molar-refractivity contribution in [2.75, 3.05) is 6.26 Å². The van der Waals surface area contributed by atoms with Crippen LogP contribution < -0.4 is 0 Å². The highest BCUT2D eigenvalue weighted by Crippen LogP contribution is 2.21. The third-order valence-corrected chi connectivity index (χ3v) is 4.43. The van der Waals surface area contributed by atoms with Gasteiger partial charge in [0.2, 0.25) is 0 Å². The summed E-state index contributed by atoms with van der Waals surface area (Å²) >= 11 is 0. The van der Waals surface area contributed by atoms with Crippen LogP contribution in [0.5, 0.6) is 0 Å². The topological polar surface area (TPSA) is 75.8 Å². The van der Waals surface area contributed by atoms with Crippen LogP contribution in [0.4, 0.5) is 4.39 Å². The zero-order valence-electron chi connectivity index (χ0n) is 12.9. The Labute approximate surface area is 138 Å². The van der Waals surface area contributed by atoms with Crippen molar-refractivity contribution in [2.45, 2.75) is 12.3 Å². The van der Waals surface area contributed by atoms with Crippen LogP contribution in [-0.2, 0) is 22.1 Å². The molecule has 0 amide bonds. The highest BCUT2D eigenvalue weighted by molar-refractivity contribution is 7.89. The number of sulfone groups is 1. The summed E-state index contributed by atoms with van der Waals surface area (Å²) in [5, 5.41) is 9.20. The summed E-state index contributed by atoms with van der Waals surface area (Å²) in [6.07, 6.45) is 1.15. The molecule has 122 valence electrons. The molecule has 0 spiro atoms. The molecular formula is C17H14FN3O2S. The maximum atomic E-state index is 13.3. The second kappa shape index (κ2) is 6.06. The molecule has 0 saturated carbocycles. The van der Waals surface area contributed by atoms with Gasteiger partial charge in [0.15, 0.2) is 9.84 Å². The molecule has 0 atom stereocenters. The predicted octanol–water partition coefficient (Wildman–Crippen LogP) is 2.64. The summed E-state index contributed by atoms with van der Waals surface area (Å²) in [6, 6.07) is 13.3. The number of para-hydroxylation sites is 2. The van der Waals surface area contributed by atoms with E-state index in [1.165, 1.54) is 18.2 Å². The Morgan fingerprint density at radius 1 is 1.25 bits per heavy atom. The molecule has 24 heavy (non-hydrogen) atoms. The number of rotatable bonds is 4. The summed E-state index contributed by atoms with van der Waals surface area (Å²) in [7, 11) is -3.27. The third-order valence-electron chi connectivity index (χ3n) is 3.65. The Morgan fingerprint density at radius 3 is 2.71 bits per heavy atom. The molecule has 0 fully saturated rings. The first kappa shape index (κ1) is 16.1. The van der Waals surface area contributed by atoms with Gasteiger partial charge in [-0.3, -0.25) is 0 Å². The van der Waals surface area contributed by atoms with Gasteiger partial charge < -0.3 is 4.57 Å². The molecule has 0 radical (unpaired) electrons. The number of hydrogen-bond acceptors (Lipinski definition) is 4. The summed E-state index contributed by atoms with van der Waals surface area (Å²) in [6.45, 7) is 0.245. The smallest absolute Gasteiger partial charge is 0.154 e. The molecule has 0 bridgehead atoms. The van der Waals surface area contributed by atoms with Crippen molar-refractivity contribution in [1.82, 2.24) is 9.55 Å². The summed E-state index contributed by atoms with van der Waals surface area (Å²) < 4.78 is 38.5. The molecule has 2 aromatic carbocycles. The minimum Gasteiger partial charge on any atom is -0.323 e. The molecule has 7 heteroatoms. The maximum Gasteiger partial charge on any atom is 0.154 e. The molecule has 0 unspecified atom stereocenters. The lowest BCUT2D eigenvalue weighted by Gasteiger charge is -2.10. The average molecular weight is 343 g/mol. The van der Waals surface area contributed by atoms with E-state index in [1.54, 1.807) is 10.6 Å². The van der Waals surface area contributed by atoms with Crippen LogP contribution in [0.15, 0.2) is 42.5 Å². The van der Waals surface area contributed by atoms with Crippen LogP contribution in [0.25, 0.3) is 11.0 Å². The second-order valence-corrected chi connectivity index (χ2v) is 7.73. The molecule has 0 aliphatic rings. The van der Waals surface area contributed by atoms with Crippen LogP contribution in [-0.4, -0.2) is 24.2 Å². The average Bonchev–Trinajstić information content (AvgIpc) is 2.84. The Morgan fingerprint density at radius 2 is 2.00 bits per heavy atom. The van der Waals surface area contributed by atoms with Gasteiger partial charge in [0.1, 0.15) is 17.4 Å². The van der Waals surface area contributed by atoms with Gasteiger partial charge in [-0.2, -0.15) is 5.26 Å². The highest BCUT2D eigenvalue weighted by atomic mass is 32.2. The first-order valence-electron chi connectivity index (χ1n) is 7.18. The molecule has 1 aromatic heterocycles. The van der Waals surface area contributed by atoms with Crippen molar-refractivity contribution in [2.24, 2.45) is 0 Å². The van der Waals surface area contributed by atoms with Gasteiger partial charge in [-0.1, -0.05) is 18.2 Å². The van der Waals surface area contributed by atoms with Gasteiger partial charge in [-0.05, 0) is 29.8 Å². The number of hydrogen-bond donors (Lipinski definition) is 0. The summed E-state index contributed by atoms with van der Waals surface area (Å²) in [5.74, 6) is -0.292. The molecule has 0 N–H and O–H groups in total. The fraction of sp³-hybridized carbons (Fsp3) is 0.176. The minimum atomic E-state index is -3.27. The standard InChI is InChI=1S/C17H14FN3O2S/c1-24(22,23)11-17-20-15-4-2-3-5-16(15)21(17)10-12-6-7-14(18)8-13(12)9-19/h2-8H,10-11H2,1H3. The van der Waals surface area contributed by atoms with Gasteiger partial charge in [-0.15, -0.1) is 0 Å². The molecule has 0 aliphatic heterocycles. The van der Waals surface area contributed by atoms with Crippen molar-refractivity contribution in [1.29, 1.82) is 5.26 Å². The van der Waals surface area contributed by atoms with E-state index in [0.717, 1.165) is 11.8 Å². The Kier molecular flexibility index (Phi) is 4.08. The Hall–Kier alpha value is -2.72. The van der Waals surface area contributed by atoms with Crippen molar-refractivity contribution in [3.8, 4) is 6.07 Å². The Bertz CT molecular complexity index is 1070. The first-order valence-corrected chi connectivity index (χ1v) is 9.24. The summed E-state index contributed by atoms with van der Waals surface area (Å²) in [5.41, 5.74) is 2.27. The van der Waals surface area contributed by atoms with Crippen molar-refractivity contribution < 1.29 is 12.8 Å². The zero-order valence-corrected chi connectivity index (χ0v) is 13.7. The van der Waals surface area contributed by atoms with Gasteiger partial charge in [-0.25, -0.2) is 17.8 Å². The number of fused-ring (bicyclic) bond motifs is 1. The van der Waals surface area contributed by atoms with Crippen molar-refractivity contribution >= 4 is 20.9 Å². The van der Waals surface area contributed by atoms with E-state index in [0.29, 0.717) is 16.9 Å². The molecule has 3 rings (SSSR count). The van der Waals surface area contributed by atoms with Gasteiger partial charge in [0.25, 0.3) is 0 Å². The third kappa shape index (κ3) is 3.29. The fourth-order valence-corrected chi connectivity index (χ4v) is 3.30. The van der Waals surface area contributed by atoms with Crippen molar-refractivity contribution in [3.63, 3.8) is 0 Å². The normalized spacial score (nSPS) is 11.5. The fourth-order valence-electron chi connectivity index (χ4n) is 2.61. The quantitative estimate of drug-likeness (QED) is 0.730. The van der Waals surface area contributed by atoms with E-state index in [4.69, 9.17) is 0 Å².